The van der Waals surface area contributed by atoms with E-state index in [0.717, 1.165) is 24.3 Å². The largest absolute Gasteiger partial charge is 0.497 e. The first kappa shape index (κ1) is 16.1. The number of rotatable bonds is 8. The number of piperidine rings is 1. The molecule has 0 radical (unpaired) electrons. The second-order valence-corrected chi connectivity index (χ2v) is 5.51. The van der Waals surface area contributed by atoms with Gasteiger partial charge >= 0.3 is 0 Å². The molecule has 1 saturated heterocycles. The highest BCUT2D eigenvalue weighted by Gasteiger charge is 2.08. The van der Waals surface area contributed by atoms with Gasteiger partial charge in [0.1, 0.15) is 5.75 Å². The van der Waals surface area contributed by atoms with Crippen molar-refractivity contribution in [3.05, 3.63) is 35.9 Å². The molecule has 1 aromatic carbocycles. The van der Waals surface area contributed by atoms with Crippen LogP contribution >= 0.6 is 0 Å². The minimum absolute atomic E-state index is 0.678. The number of hydrogen-bond donors (Lipinski definition) is 0. The molecule has 3 heteroatoms. The molecule has 1 fully saturated rings. The zero-order valence-corrected chi connectivity index (χ0v) is 13.1. The van der Waals surface area contributed by atoms with Crippen LogP contribution in [-0.2, 0) is 4.74 Å². The molecule has 116 valence electrons. The zero-order chi connectivity index (χ0) is 14.8. The van der Waals surface area contributed by atoms with Gasteiger partial charge in [-0.05, 0) is 50.0 Å². The molecule has 0 aromatic heterocycles. The lowest BCUT2D eigenvalue weighted by atomic mass is 10.1. The van der Waals surface area contributed by atoms with Crippen LogP contribution in [0.25, 0.3) is 6.08 Å². The summed E-state index contributed by atoms with van der Waals surface area (Å²) < 4.78 is 10.9. The molecule has 1 aromatic rings. The van der Waals surface area contributed by atoms with Gasteiger partial charge in [0, 0.05) is 13.2 Å². The Labute approximate surface area is 128 Å². The highest BCUT2D eigenvalue weighted by molar-refractivity contribution is 5.51. The fourth-order valence-electron chi connectivity index (χ4n) is 2.65. The predicted molar refractivity (Wildman–Crippen MR) is 87.8 cm³/mol. The summed E-state index contributed by atoms with van der Waals surface area (Å²) in [6, 6.07) is 8.04. The van der Waals surface area contributed by atoms with E-state index in [2.05, 4.69) is 23.1 Å². The van der Waals surface area contributed by atoms with E-state index in [4.69, 9.17) is 9.47 Å². The van der Waals surface area contributed by atoms with E-state index >= 15 is 0 Å². The number of hydrogen-bond acceptors (Lipinski definition) is 3. The van der Waals surface area contributed by atoms with Crippen molar-refractivity contribution < 1.29 is 9.47 Å². The lowest BCUT2D eigenvalue weighted by Gasteiger charge is -2.26. The van der Waals surface area contributed by atoms with Gasteiger partial charge in [0.2, 0.25) is 0 Å². The molecule has 1 heterocycles. The fourth-order valence-corrected chi connectivity index (χ4v) is 2.65. The van der Waals surface area contributed by atoms with Crippen molar-refractivity contribution >= 4 is 6.08 Å². The first-order valence-electron chi connectivity index (χ1n) is 7.99. The topological polar surface area (TPSA) is 21.7 Å². The van der Waals surface area contributed by atoms with Crippen LogP contribution in [0, 0.1) is 0 Å². The van der Waals surface area contributed by atoms with Gasteiger partial charge in [-0.15, -0.1) is 0 Å². The van der Waals surface area contributed by atoms with Crippen LogP contribution in [0.3, 0.4) is 0 Å². The lowest BCUT2D eigenvalue weighted by molar-refractivity contribution is 0.138. The van der Waals surface area contributed by atoms with Crippen LogP contribution < -0.4 is 4.74 Å². The summed E-state index contributed by atoms with van der Waals surface area (Å²) in [5.41, 5.74) is 1.14. The molecule has 0 amide bonds. The minimum atomic E-state index is 0.678. The maximum atomic E-state index is 5.66. The molecule has 2 rings (SSSR count). The van der Waals surface area contributed by atoms with Gasteiger partial charge in [0.15, 0.2) is 0 Å². The van der Waals surface area contributed by atoms with Crippen LogP contribution in [0.5, 0.6) is 5.75 Å². The zero-order valence-electron chi connectivity index (χ0n) is 13.1. The third-order valence-electron chi connectivity index (χ3n) is 3.83. The number of likely N-dealkylation sites (tertiary alicyclic amines) is 1. The molecule has 1 aliphatic heterocycles. The van der Waals surface area contributed by atoms with Crippen molar-refractivity contribution in [1.82, 2.24) is 4.90 Å². The van der Waals surface area contributed by atoms with E-state index in [1.807, 2.05) is 18.2 Å². The molecule has 1 aliphatic rings. The Kier molecular flexibility index (Phi) is 7.33. The van der Waals surface area contributed by atoms with Crippen molar-refractivity contribution in [3.8, 4) is 5.75 Å². The summed E-state index contributed by atoms with van der Waals surface area (Å²) in [4.78, 5) is 2.55. The van der Waals surface area contributed by atoms with Crippen LogP contribution in [0.1, 0.15) is 31.2 Å². The smallest absolute Gasteiger partial charge is 0.119 e. The highest BCUT2D eigenvalue weighted by atomic mass is 16.5. The Bertz CT molecular complexity index is 425. The molecule has 3 nitrogen and oxygen atoms in total. The predicted octanol–water partition coefficient (Wildman–Crippen LogP) is 3.60. The summed E-state index contributed by atoms with van der Waals surface area (Å²) in [5, 5.41) is 0. The third kappa shape index (κ3) is 6.32. The maximum Gasteiger partial charge on any atom is 0.119 e. The van der Waals surface area contributed by atoms with Gasteiger partial charge < -0.3 is 14.4 Å². The summed E-state index contributed by atoms with van der Waals surface area (Å²) >= 11 is 0. The van der Waals surface area contributed by atoms with Crippen molar-refractivity contribution in [1.29, 1.82) is 0 Å². The van der Waals surface area contributed by atoms with Crippen molar-refractivity contribution in [3.63, 3.8) is 0 Å². The van der Waals surface area contributed by atoms with E-state index in [-0.39, 0.29) is 0 Å². The SMILES string of the molecule is COc1cccc(/C=C/COCCCN2CCCCC2)c1. The normalized spacial score (nSPS) is 16.4. The molecule has 0 atom stereocenters. The van der Waals surface area contributed by atoms with E-state index in [1.54, 1.807) is 7.11 Å². The Hall–Kier alpha value is -1.32. The monoisotopic (exact) mass is 289 g/mol. The summed E-state index contributed by atoms with van der Waals surface area (Å²) in [6.45, 7) is 5.25. The van der Waals surface area contributed by atoms with Crippen LogP contribution in [0.2, 0.25) is 0 Å². The van der Waals surface area contributed by atoms with Crippen LogP contribution in [0.4, 0.5) is 0 Å². The average Bonchev–Trinajstić information content (AvgIpc) is 2.55. The van der Waals surface area contributed by atoms with Gasteiger partial charge in [0.05, 0.1) is 13.7 Å². The van der Waals surface area contributed by atoms with E-state index < -0.39 is 0 Å². The number of benzene rings is 1. The second kappa shape index (κ2) is 9.59. The third-order valence-corrected chi connectivity index (χ3v) is 3.83. The molecule has 0 spiro atoms. The van der Waals surface area contributed by atoms with E-state index in [9.17, 15) is 0 Å². The molecular weight excluding hydrogens is 262 g/mol. The maximum absolute atomic E-state index is 5.66. The van der Waals surface area contributed by atoms with Gasteiger partial charge in [-0.1, -0.05) is 30.7 Å². The summed E-state index contributed by atoms with van der Waals surface area (Å²) in [6.07, 6.45) is 9.41. The Morgan fingerprint density at radius 1 is 1.19 bits per heavy atom. The molecule has 0 bridgehead atoms. The molecule has 21 heavy (non-hydrogen) atoms. The molecule has 0 aliphatic carbocycles. The standard InChI is InChI=1S/C18H27NO2/c1-20-18-10-5-8-17(16-18)9-6-14-21-15-7-13-19-11-3-2-4-12-19/h5-6,8-10,16H,2-4,7,11-15H2,1H3/b9-6+. The number of methoxy groups -OCH3 is 1. The Balaban J connectivity index is 1.55. The quantitative estimate of drug-likeness (QED) is 0.683. The summed E-state index contributed by atoms with van der Waals surface area (Å²) in [5.74, 6) is 0.889. The molecule has 0 saturated carbocycles. The molecule has 0 unspecified atom stereocenters. The lowest BCUT2D eigenvalue weighted by Crippen LogP contribution is -2.31. The minimum Gasteiger partial charge on any atom is -0.497 e. The van der Waals surface area contributed by atoms with Crippen LogP contribution in [0.15, 0.2) is 30.3 Å². The van der Waals surface area contributed by atoms with Gasteiger partial charge in [-0.25, -0.2) is 0 Å². The van der Waals surface area contributed by atoms with Gasteiger partial charge in [-0.2, -0.15) is 0 Å². The average molecular weight is 289 g/mol. The van der Waals surface area contributed by atoms with Crippen molar-refractivity contribution in [2.75, 3.05) is 40.0 Å². The molecular formula is C18H27NO2. The highest BCUT2D eigenvalue weighted by Crippen LogP contribution is 2.13. The van der Waals surface area contributed by atoms with Gasteiger partial charge in [-0.3, -0.25) is 0 Å². The second-order valence-electron chi connectivity index (χ2n) is 5.51. The van der Waals surface area contributed by atoms with E-state index in [0.29, 0.717) is 6.61 Å². The first-order chi connectivity index (χ1) is 10.4. The molecule has 0 N–H and O–H groups in total. The van der Waals surface area contributed by atoms with Crippen molar-refractivity contribution in [2.24, 2.45) is 0 Å². The number of nitrogens with zero attached hydrogens (tertiary/aromatic N) is 1. The van der Waals surface area contributed by atoms with Gasteiger partial charge in [0.25, 0.3) is 0 Å². The fraction of sp³-hybridized carbons (Fsp3) is 0.556. The summed E-state index contributed by atoms with van der Waals surface area (Å²) in [7, 11) is 1.69. The van der Waals surface area contributed by atoms with Crippen LogP contribution in [-0.4, -0.2) is 44.9 Å². The Morgan fingerprint density at radius 3 is 2.86 bits per heavy atom. The number of ether oxygens (including phenoxy) is 2. The first-order valence-corrected chi connectivity index (χ1v) is 7.99. The Morgan fingerprint density at radius 2 is 2.05 bits per heavy atom. The van der Waals surface area contributed by atoms with E-state index in [1.165, 1.54) is 38.9 Å². The van der Waals surface area contributed by atoms with Crippen molar-refractivity contribution in [2.45, 2.75) is 25.7 Å².